The van der Waals surface area contributed by atoms with Crippen molar-refractivity contribution in [2.75, 3.05) is 6.16 Å². The van der Waals surface area contributed by atoms with Gasteiger partial charge in [0.2, 0.25) is 0 Å². The highest BCUT2D eigenvalue weighted by molar-refractivity contribution is 8.01. The zero-order valence-electron chi connectivity index (χ0n) is 19.5. The first-order chi connectivity index (χ1) is 16.2. The van der Waals surface area contributed by atoms with Gasteiger partial charge in [0.25, 0.3) is 0 Å². The van der Waals surface area contributed by atoms with Crippen LogP contribution >= 0.6 is 14.4 Å². The molecule has 0 fully saturated rings. The topological polar surface area (TPSA) is 17.1 Å². The molecular formula is C30H33OP2+. The second-order valence-electron chi connectivity index (χ2n) is 8.45. The van der Waals surface area contributed by atoms with Gasteiger partial charge in [0, 0.05) is 10.6 Å². The zero-order valence-corrected chi connectivity index (χ0v) is 21.3. The molecule has 4 aromatic rings. The van der Waals surface area contributed by atoms with Crippen LogP contribution < -0.4 is 21.2 Å². The van der Waals surface area contributed by atoms with Crippen molar-refractivity contribution in [3.63, 3.8) is 0 Å². The van der Waals surface area contributed by atoms with Gasteiger partial charge in [0.1, 0.15) is 5.40 Å². The molecule has 0 aliphatic carbocycles. The summed E-state index contributed by atoms with van der Waals surface area (Å²) in [7, 11) is -4.99. The van der Waals surface area contributed by atoms with E-state index in [-0.39, 0.29) is 5.40 Å². The van der Waals surface area contributed by atoms with Gasteiger partial charge in [-0.1, -0.05) is 110 Å². The second-order valence-corrected chi connectivity index (χ2v) is 15.9. The van der Waals surface area contributed by atoms with Gasteiger partial charge in [-0.2, -0.15) is 0 Å². The van der Waals surface area contributed by atoms with Crippen LogP contribution in [0.4, 0.5) is 0 Å². The molecule has 0 aliphatic rings. The van der Waals surface area contributed by atoms with Crippen LogP contribution in [0.2, 0.25) is 0 Å². The molecule has 0 radical (unpaired) electrons. The van der Waals surface area contributed by atoms with Gasteiger partial charge in [0.15, 0.2) is 7.14 Å². The zero-order chi connectivity index (χ0) is 23.2. The van der Waals surface area contributed by atoms with E-state index in [1.54, 1.807) is 0 Å². The van der Waals surface area contributed by atoms with Crippen LogP contribution in [0.5, 0.6) is 0 Å². The van der Waals surface area contributed by atoms with Gasteiger partial charge in [-0.05, 0) is 37.6 Å². The lowest BCUT2D eigenvalue weighted by molar-refractivity contribution is 0.582. The molecule has 0 saturated heterocycles. The van der Waals surface area contributed by atoms with Crippen molar-refractivity contribution >= 4 is 35.6 Å². The minimum absolute atomic E-state index is 0.0367. The monoisotopic (exact) mass is 471 g/mol. The molecule has 0 N–H and O–H groups in total. The van der Waals surface area contributed by atoms with E-state index in [2.05, 4.69) is 98.8 Å². The van der Waals surface area contributed by atoms with Crippen molar-refractivity contribution in [2.24, 2.45) is 0 Å². The fourth-order valence-electron chi connectivity index (χ4n) is 5.19. The summed E-state index contributed by atoms with van der Waals surface area (Å²) in [6.07, 6.45) is 2.90. The van der Waals surface area contributed by atoms with Crippen molar-refractivity contribution in [2.45, 2.75) is 32.1 Å². The van der Waals surface area contributed by atoms with Gasteiger partial charge in [-0.3, -0.25) is 0 Å². The molecule has 168 valence electrons. The van der Waals surface area contributed by atoms with Crippen LogP contribution in [0.15, 0.2) is 121 Å². The van der Waals surface area contributed by atoms with E-state index in [0.717, 1.165) is 29.6 Å². The lowest BCUT2D eigenvalue weighted by Crippen LogP contribution is -2.37. The maximum absolute atomic E-state index is 15.7. The third-order valence-corrected chi connectivity index (χ3v) is 16.8. The predicted octanol–water partition coefficient (Wildman–Crippen LogP) is 6.82. The molecule has 0 spiro atoms. The van der Waals surface area contributed by atoms with Crippen molar-refractivity contribution in [3.8, 4) is 0 Å². The number of hydrogen-bond donors (Lipinski definition) is 0. The third-order valence-electron chi connectivity index (χ3n) is 6.69. The average molecular weight is 472 g/mol. The number of rotatable bonds is 9. The van der Waals surface area contributed by atoms with E-state index < -0.39 is 14.4 Å². The molecule has 1 nitrogen and oxygen atoms in total. The quantitative estimate of drug-likeness (QED) is 0.245. The minimum atomic E-state index is -2.97. The smallest absolute Gasteiger partial charge is 0.181 e. The molecule has 33 heavy (non-hydrogen) atoms. The summed E-state index contributed by atoms with van der Waals surface area (Å²) in [5.74, 6) is 0. The van der Waals surface area contributed by atoms with Crippen molar-refractivity contribution < 1.29 is 4.57 Å². The second kappa shape index (κ2) is 10.6. The Morgan fingerprint density at radius 2 is 0.970 bits per heavy atom. The lowest BCUT2D eigenvalue weighted by Gasteiger charge is -2.39. The number of hydrogen-bond acceptors (Lipinski definition) is 1. The Labute approximate surface area is 199 Å². The van der Waals surface area contributed by atoms with E-state index in [4.69, 9.17) is 0 Å². The molecule has 4 rings (SSSR count). The summed E-state index contributed by atoms with van der Waals surface area (Å²) in [5.41, 5.74) is 0. The van der Waals surface area contributed by atoms with Crippen LogP contribution in [0, 0.1) is 0 Å². The predicted molar refractivity (Wildman–Crippen MR) is 148 cm³/mol. The Bertz CT molecular complexity index is 1090. The van der Waals surface area contributed by atoms with E-state index in [1.807, 2.05) is 36.4 Å². The standard InChI is InChI=1S/C30H33OP2/c1-3-17-30(33(31,28-22-13-7-14-23-28)29-24-15-8-16-25-29)32(4-2,26-18-9-5-10-19-26)27-20-11-6-12-21-27/h5-16,18-25,30H,3-4,17H2,1-2H3/q+1. The molecule has 0 bridgehead atoms. The summed E-state index contributed by atoms with van der Waals surface area (Å²) in [6, 6.07) is 42.3. The molecular weight excluding hydrogens is 438 g/mol. The van der Waals surface area contributed by atoms with Gasteiger partial charge in [-0.25, -0.2) is 0 Å². The van der Waals surface area contributed by atoms with Crippen LogP contribution in [-0.2, 0) is 4.57 Å². The average Bonchev–Trinajstić information content (AvgIpc) is 2.91. The lowest BCUT2D eigenvalue weighted by atomic mass is 10.4. The molecule has 0 aromatic heterocycles. The van der Waals surface area contributed by atoms with E-state index in [0.29, 0.717) is 0 Å². The Morgan fingerprint density at radius 1 is 0.606 bits per heavy atom. The molecule has 0 aliphatic heterocycles. The maximum atomic E-state index is 15.7. The van der Waals surface area contributed by atoms with Crippen LogP contribution in [0.3, 0.4) is 0 Å². The highest BCUT2D eigenvalue weighted by Gasteiger charge is 2.57. The SMILES string of the molecule is CCCC(P(=O)(c1ccccc1)c1ccccc1)[P+](CC)(c1ccccc1)c1ccccc1. The summed E-state index contributed by atoms with van der Waals surface area (Å²) >= 11 is 0. The van der Waals surface area contributed by atoms with Gasteiger partial charge >= 0.3 is 0 Å². The van der Waals surface area contributed by atoms with Crippen molar-refractivity contribution in [1.82, 2.24) is 0 Å². The van der Waals surface area contributed by atoms with Crippen LogP contribution in [0.1, 0.15) is 26.7 Å². The summed E-state index contributed by atoms with van der Waals surface area (Å²) in [4.78, 5) is 0. The van der Waals surface area contributed by atoms with Gasteiger partial charge < -0.3 is 4.57 Å². The molecule has 4 aromatic carbocycles. The van der Waals surface area contributed by atoms with Crippen LogP contribution in [-0.4, -0.2) is 11.6 Å². The third kappa shape index (κ3) is 4.38. The first kappa shape index (κ1) is 23.7. The Kier molecular flexibility index (Phi) is 7.64. The first-order valence-electron chi connectivity index (χ1n) is 11.9. The fourth-order valence-corrected chi connectivity index (χ4v) is 16.6. The Morgan fingerprint density at radius 3 is 1.30 bits per heavy atom. The van der Waals surface area contributed by atoms with Crippen molar-refractivity contribution in [3.05, 3.63) is 121 Å². The molecule has 0 saturated carbocycles. The summed E-state index contributed by atoms with van der Waals surface area (Å²) < 4.78 is 15.7. The van der Waals surface area contributed by atoms with E-state index in [1.165, 1.54) is 10.6 Å². The normalized spacial score (nSPS) is 12.9. The Balaban J connectivity index is 2.09. The summed E-state index contributed by atoms with van der Waals surface area (Å²) in [6.45, 7) is 4.53. The van der Waals surface area contributed by atoms with Crippen molar-refractivity contribution in [1.29, 1.82) is 0 Å². The fraction of sp³-hybridized carbons (Fsp3) is 0.200. The Hall–Kier alpha value is -2.46. The molecule has 0 amide bonds. The first-order valence-corrected chi connectivity index (χ1v) is 15.7. The van der Waals surface area contributed by atoms with Gasteiger partial charge in [0.05, 0.1) is 24.0 Å². The largest absolute Gasteiger partial charge is 0.309 e. The molecule has 1 atom stereocenters. The molecule has 0 heterocycles. The molecule has 3 heteroatoms. The van der Waals surface area contributed by atoms with E-state index in [9.17, 15) is 0 Å². The van der Waals surface area contributed by atoms with Gasteiger partial charge in [-0.15, -0.1) is 0 Å². The minimum Gasteiger partial charge on any atom is -0.309 e. The summed E-state index contributed by atoms with van der Waals surface area (Å²) in [5, 5.41) is 4.68. The maximum Gasteiger partial charge on any atom is 0.181 e. The number of benzene rings is 4. The van der Waals surface area contributed by atoms with Crippen LogP contribution in [0.25, 0.3) is 0 Å². The molecule has 1 unspecified atom stereocenters. The van der Waals surface area contributed by atoms with E-state index >= 15 is 4.57 Å². The highest BCUT2D eigenvalue weighted by atomic mass is 31.2. The highest BCUT2D eigenvalue weighted by Crippen LogP contribution is 2.73.